The molecular formula is C28H28F3N3O4S. The van der Waals surface area contributed by atoms with E-state index in [1.54, 1.807) is 19.2 Å². The first-order valence-corrected chi connectivity index (χ1v) is 13.7. The van der Waals surface area contributed by atoms with Gasteiger partial charge in [0, 0.05) is 32.7 Å². The van der Waals surface area contributed by atoms with Gasteiger partial charge in [0.25, 0.3) is 0 Å². The first-order valence-electron chi connectivity index (χ1n) is 12.2. The number of piperazine rings is 1. The Hall–Kier alpha value is -3.43. The van der Waals surface area contributed by atoms with Crippen molar-refractivity contribution >= 4 is 10.0 Å². The van der Waals surface area contributed by atoms with Crippen LogP contribution in [0.3, 0.4) is 0 Å². The van der Waals surface area contributed by atoms with Crippen LogP contribution < -0.4 is 4.74 Å². The van der Waals surface area contributed by atoms with E-state index in [4.69, 9.17) is 14.7 Å². The van der Waals surface area contributed by atoms with Gasteiger partial charge in [-0.3, -0.25) is 4.90 Å². The second-order valence-electron chi connectivity index (χ2n) is 9.11. The molecule has 0 saturated carbocycles. The van der Waals surface area contributed by atoms with Crippen LogP contribution in [-0.2, 0) is 27.5 Å². The summed E-state index contributed by atoms with van der Waals surface area (Å²) >= 11 is 0. The number of halogens is 3. The summed E-state index contributed by atoms with van der Waals surface area (Å²) in [6.45, 7) is 2.07. The summed E-state index contributed by atoms with van der Waals surface area (Å²) in [4.78, 5) is 1.94. The van der Waals surface area contributed by atoms with Crippen molar-refractivity contribution in [3.05, 3.63) is 95.1 Å². The lowest BCUT2D eigenvalue weighted by Gasteiger charge is -2.36. The molecule has 0 N–H and O–H groups in total. The lowest BCUT2D eigenvalue weighted by molar-refractivity contribution is -0.137. The number of nitrogens with zero attached hydrogens (tertiary/aromatic N) is 3. The fourth-order valence-corrected chi connectivity index (χ4v) is 5.74. The van der Waals surface area contributed by atoms with Crippen molar-refractivity contribution in [2.24, 2.45) is 0 Å². The van der Waals surface area contributed by atoms with Gasteiger partial charge in [-0.15, -0.1) is 0 Å². The molecule has 0 bridgehead atoms. The number of rotatable bonds is 9. The number of methoxy groups -OCH3 is 1. The third-order valence-corrected chi connectivity index (χ3v) is 8.49. The van der Waals surface area contributed by atoms with E-state index < -0.39 is 21.8 Å². The van der Waals surface area contributed by atoms with Crippen LogP contribution in [-0.4, -0.2) is 57.5 Å². The summed E-state index contributed by atoms with van der Waals surface area (Å²) in [5.74, 6) is 0.687. The molecule has 0 amide bonds. The Labute approximate surface area is 226 Å². The largest absolute Gasteiger partial charge is 0.497 e. The second kappa shape index (κ2) is 12.2. The zero-order valence-corrected chi connectivity index (χ0v) is 22.1. The molecule has 39 heavy (non-hydrogen) atoms. The van der Waals surface area contributed by atoms with Crippen LogP contribution in [0.4, 0.5) is 13.2 Å². The molecule has 1 aliphatic heterocycles. The molecule has 0 radical (unpaired) electrons. The minimum atomic E-state index is -4.53. The van der Waals surface area contributed by atoms with E-state index in [9.17, 15) is 21.6 Å². The van der Waals surface area contributed by atoms with Crippen molar-refractivity contribution in [3.8, 4) is 11.8 Å². The van der Waals surface area contributed by atoms with Gasteiger partial charge in [0.05, 0.1) is 41.9 Å². The average molecular weight is 560 g/mol. The lowest BCUT2D eigenvalue weighted by Crippen LogP contribution is -2.49. The van der Waals surface area contributed by atoms with Crippen LogP contribution in [0.5, 0.6) is 5.75 Å². The molecular weight excluding hydrogens is 531 g/mol. The predicted molar refractivity (Wildman–Crippen MR) is 138 cm³/mol. The number of hydrogen-bond acceptors (Lipinski definition) is 6. The van der Waals surface area contributed by atoms with Crippen molar-refractivity contribution in [2.75, 3.05) is 39.8 Å². The van der Waals surface area contributed by atoms with E-state index >= 15 is 0 Å². The SMILES string of the molecule is COc1cccc(C(CN2CCN(S(=O)(=O)c3ccc(C(F)(F)F)cc3)CC2)OCc2ccc(C#N)cc2)c1. The zero-order valence-electron chi connectivity index (χ0n) is 21.3. The number of alkyl halides is 3. The highest BCUT2D eigenvalue weighted by molar-refractivity contribution is 7.89. The van der Waals surface area contributed by atoms with E-state index in [-0.39, 0.29) is 24.1 Å². The molecule has 3 aromatic rings. The minimum absolute atomic E-state index is 0.163. The van der Waals surface area contributed by atoms with Crippen LogP contribution in [0.1, 0.15) is 28.4 Å². The Balaban J connectivity index is 1.42. The quantitative estimate of drug-likeness (QED) is 0.373. The second-order valence-corrected chi connectivity index (χ2v) is 11.0. The minimum Gasteiger partial charge on any atom is -0.497 e. The number of sulfonamides is 1. The van der Waals surface area contributed by atoms with Gasteiger partial charge >= 0.3 is 6.18 Å². The van der Waals surface area contributed by atoms with Crippen molar-refractivity contribution in [3.63, 3.8) is 0 Å². The summed E-state index contributed by atoms with van der Waals surface area (Å²) in [6, 6.07) is 20.4. The van der Waals surface area contributed by atoms with Gasteiger partial charge in [0.1, 0.15) is 5.75 Å². The molecule has 1 atom stereocenters. The van der Waals surface area contributed by atoms with Gasteiger partial charge in [0.2, 0.25) is 10.0 Å². The smallest absolute Gasteiger partial charge is 0.416 e. The average Bonchev–Trinajstić information content (AvgIpc) is 2.95. The maximum absolute atomic E-state index is 13.0. The third-order valence-electron chi connectivity index (χ3n) is 6.57. The lowest BCUT2D eigenvalue weighted by atomic mass is 10.1. The predicted octanol–water partition coefficient (Wildman–Crippen LogP) is 4.85. The Morgan fingerprint density at radius 1 is 0.974 bits per heavy atom. The summed E-state index contributed by atoms with van der Waals surface area (Å²) in [6.07, 6.45) is -4.87. The highest BCUT2D eigenvalue weighted by Gasteiger charge is 2.33. The fraction of sp³-hybridized carbons (Fsp3) is 0.321. The fourth-order valence-electron chi connectivity index (χ4n) is 4.32. The van der Waals surface area contributed by atoms with Crippen molar-refractivity contribution in [1.29, 1.82) is 5.26 Å². The van der Waals surface area contributed by atoms with Gasteiger partial charge in [-0.05, 0) is 59.7 Å². The normalized spacial score (nSPS) is 16.0. The number of ether oxygens (including phenoxy) is 2. The molecule has 0 spiro atoms. The Morgan fingerprint density at radius 2 is 1.64 bits per heavy atom. The van der Waals surface area contributed by atoms with Crippen LogP contribution in [0.25, 0.3) is 0 Å². The highest BCUT2D eigenvalue weighted by Crippen LogP contribution is 2.31. The standard InChI is InChI=1S/C28H28F3N3O4S/c1-37-25-4-2-3-23(17-25)27(38-20-22-7-5-21(18-32)6-8-22)19-33-13-15-34(16-14-33)39(35,36)26-11-9-24(10-12-26)28(29,30)31/h2-12,17,27H,13-16,19-20H2,1H3. The highest BCUT2D eigenvalue weighted by atomic mass is 32.2. The molecule has 0 aliphatic carbocycles. The molecule has 1 saturated heterocycles. The topological polar surface area (TPSA) is 82.9 Å². The molecule has 7 nitrogen and oxygen atoms in total. The molecule has 3 aromatic carbocycles. The molecule has 1 fully saturated rings. The van der Waals surface area contributed by atoms with Crippen LogP contribution >= 0.6 is 0 Å². The number of nitriles is 1. The number of benzene rings is 3. The Kier molecular flexibility index (Phi) is 8.92. The molecule has 1 heterocycles. The van der Waals surface area contributed by atoms with Gasteiger partial charge in [0.15, 0.2) is 0 Å². The van der Waals surface area contributed by atoms with E-state index in [0.717, 1.165) is 35.4 Å². The molecule has 4 rings (SSSR count). The summed E-state index contributed by atoms with van der Waals surface area (Å²) in [7, 11) is -2.34. The molecule has 1 unspecified atom stereocenters. The molecule has 11 heteroatoms. The van der Waals surface area contributed by atoms with Crippen LogP contribution in [0, 0.1) is 11.3 Å². The van der Waals surface area contributed by atoms with Gasteiger partial charge < -0.3 is 9.47 Å². The third kappa shape index (κ3) is 7.16. The summed E-state index contributed by atoms with van der Waals surface area (Å²) < 4.78 is 77.6. The monoisotopic (exact) mass is 559 g/mol. The van der Waals surface area contributed by atoms with E-state index in [1.807, 2.05) is 36.4 Å². The van der Waals surface area contributed by atoms with Crippen LogP contribution in [0.2, 0.25) is 0 Å². The molecule has 1 aliphatic rings. The first-order chi connectivity index (χ1) is 18.6. The zero-order chi connectivity index (χ0) is 28.0. The maximum Gasteiger partial charge on any atom is 0.416 e. The maximum atomic E-state index is 13.0. The van der Waals surface area contributed by atoms with E-state index in [0.29, 0.717) is 37.6 Å². The molecule has 0 aromatic heterocycles. The van der Waals surface area contributed by atoms with Crippen molar-refractivity contribution in [1.82, 2.24) is 9.21 Å². The van der Waals surface area contributed by atoms with E-state index in [2.05, 4.69) is 11.0 Å². The van der Waals surface area contributed by atoms with Gasteiger partial charge in [-0.2, -0.15) is 22.7 Å². The Morgan fingerprint density at radius 3 is 2.23 bits per heavy atom. The molecule has 206 valence electrons. The summed E-state index contributed by atoms with van der Waals surface area (Å²) in [5.41, 5.74) is 1.49. The Bertz CT molecular complexity index is 1400. The van der Waals surface area contributed by atoms with Crippen molar-refractivity contribution in [2.45, 2.75) is 23.8 Å². The van der Waals surface area contributed by atoms with Gasteiger partial charge in [-0.1, -0.05) is 24.3 Å². The van der Waals surface area contributed by atoms with E-state index in [1.165, 1.54) is 4.31 Å². The van der Waals surface area contributed by atoms with Crippen molar-refractivity contribution < 1.29 is 31.1 Å². The van der Waals surface area contributed by atoms with Crippen LogP contribution in [0.15, 0.2) is 77.7 Å². The first kappa shape index (κ1) is 28.6. The summed E-state index contributed by atoms with van der Waals surface area (Å²) in [5, 5.41) is 9.02. The number of hydrogen-bond donors (Lipinski definition) is 0. The van der Waals surface area contributed by atoms with Gasteiger partial charge in [-0.25, -0.2) is 8.42 Å².